The van der Waals surface area contributed by atoms with Gasteiger partial charge in [0, 0.05) is 18.6 Å². The van der Waals surface area contributed by atoms with Gasteiger partial charge in [-0.2, -0.15) is 0 Å². The van der Waals surface area contributed by atoms with Crippen molar-refractivity contribution >= 4 is 35.6 Å². The molecule has 0 saturated heterocycles. The second kappa shape index (κ2) is 8.80. The van der Waals surface area contributed by atoms with E-state index < -0.39 is 0 Å². The van der Waals surface area contributed by atoms with Crippen molar-refractivity contribution in [1.82, 2.24) is 5.32 Å². The highest BCUT2D eigenvalue weighted by atomic mass is 35.5. The van der Waals surface area contributed by atoms with E-state index in [1.54, 1.807) is 12.1 Å². The fraction of sp³-hybridized carbons (Fsp3) is 0.529. The van der Waals surface area contributed by atoms with E-state index in [1.807, 2.05) is 0 Å². The Morgan fingerprint density at radius 3 is 2.48 bits per heavy atom. The Hall–Kier alpha value is -2.15. The lowest BCUT2D eigenvalue weighted by Crippen LogP contribution is -2.34. The van der Waals surface area contributed by atoms with Crippen LogP contribution in [0, 0.1) is 5.92 Å². The molecule has 0 bridgehead atoms. The normalized spacial score (nSPS) is 16.0. The van der Waals surface area contributed by atoms with Gasteiger partial charge in [-0.1, -0.05) is 19.3 Å². The van der Waals surface area contributed by atoms with Crippen LogP contribution < -0.4 is 25.8 Å². The van der Waals surface area contributed by atoms with E-state index in [2.05, 4.69) is 10.6 Å². The molecule has 7 nitrogen and oxygen atoms in total. The molecule has 0 unspecified atom stereocenters. The second-order valence-electron chi connectivity index (χ2n) is 6.33. The minimum atomic E-state index is -0.322. The number of carbonyl (C=O) groups is 2. The summed E-state index contributed by atoms with van der Waals surface area (Å²) in [6, 6.07) is 3.24. The lowest BCUT2D eigenvalue weighted by Gasteiger charge is -2.20. The van der Waals surface area contributed by atoms with Crippen LogP contribution >= 0.6 is 12.4 Å². The van der Waals surface area contributed by atoms with Crippen LogP contribution in [0.4, 0.5) is 11.4 Å². The van der Waals surface area contributed by atoms with Crippen molar-refractivity contribution in [2.45, 2.75) is 38.5 Å². The summed E-state index contributed by atoms with van der Waals surface area (Å²) in [7, 11) is 0. The molecule has 1 saturated carbocycles. The highest BCUT2D eigenvalue weighted by molar-refractivity contribution is 5.97. The maximum absolute atomic E-state index is 12.0. The summed E-state index contributed by atoms with van der Waals surface area (Å²) in [6.45, 7) is 0.0723. The maximum Gasteiger partial charge on any atom is 0.243 e. The number of hydrogen-bond donors (Lipinski definition) is 3. The zero-order valence-corrected chi connectivity index (χ0v) is 14.8. The van der Waals surface area contributed by atoms with E-state index in [-0.39, 0.29) is 37.6 Å². The molecule has 1 aromatic carbocycles. The topological polar surface area (TPSA) is 103 Å². The van der Waals surface area contributed by atoms with Crippen molar-refractivity contribution in [3.63, 3.8) is 0 Å². The molecule has 8 heteroatoms. The average Bonchev–Trinajstić information content (AvgIpc) is 3.01. The third kappa shape index (κ3) is 5.16. The van der Waals surface area contributed by atoms with Gasteiger partial charge in [-0.05, 0) is 18.8 Å². The van der Waals surface area contributed by atoms with Crippen LogP contribution in [-0.2, 0) is 9.59 Å². The van der Waals surface area contributed by atoms with Crippen molar-refractivity contribution in [3.05, 3.63) is 12.1 Å². The van der Waals surface area contributed by atoms with Gasteiger partial charge in [0.05, 0.1) is 17.9 Å². The second-order valence-corrected chi connectivity index (χ2v) is 6.33. The van der Waals surface area contributed by atoms with E-state index in [0.29, 0.717) is 35.2 Å². The number of ether oxygens (including phenoxy) is 2. The molecule has 0 radical (unpaired) electrons. The summed E-state index contributed by atoms with van der Waals surface area (Å²) in [4.78, 5) is 23.9. The van der Waals surface area contributed by atoms with Gasteiger partial charge in [0.25, 0.3) is 0 Å². The number of anilines is 2. The number of nitrogens with one attached hydrogen (secondary N) is 2. The summed E-state index contributed by atoms with van der Waals surface area (Å²) < 4.78 is 10.5. The van der Waals surface area contributed by atoms with Crippen LogP contribution in [0.2, 0.25) is 0 Å². The lowest BCUT2D eigenvalue weighted by molar-refractivity contribution is -0.125. The van der Waals surface area contributed by atoms with Gasteiger partial charge in [0.15, 0.2) is 11.5 Å². The molecular weight excluding hydrogens is 346 g/mol. The van der Waals surface area contributed by atoms with E-state index in [0.717, 1.165) is 12.8 Å². The zero-order chi connectivity index (χ0) is 16.9. The molecule has 4 N–H and O–H groups in total. The molecule has 1 aliphatic carbocycles. The predicted molar refractivity (Wildman–Crippen MR) is 97.1 cm³/mol. The first kappa shape index (κ1) is 19.2. The molecule has 25 heavy (non-hydrogen) atoms. The van der Waals surface area contributed by atoms with Gasteiger partial charge < -0.3 is 25.8 Å². The smallest absolute Gasteiger partial charge is 0.243 e. The highest BCUT2D eigenvalue weighted by Crippen LogP contribution is 2.38. The Morgan fingerprint density at radius 1 is 1.08 bits per heavy atom. The Morgan fingerprint density at radius 2 is 1.76 bits per heavy atom. The van der Waals surface area contributed by atoms with Crippen molar-refractivity contribution in [2.24, 2.45) is 5.92 Å². The van der Waals surface area contributed by atoms with Crippen molar-refractivity contribution < 1.29 is 19.1 Å². The van der Waals surface area contributed by atoms with Gasteiger partial charge in [-0.25, -0.2) is 0 Å². The van der Waals surface area contributed by atoms with Gasteiger partial charge in [0.1, 0.15) is 0 Å². The molecule has 0 spiro atoms. The quantitative estimate of drug-likeness (QED) is 0.692. The molecule has 0 atom stereocenters. The summed E-state index contributed by atoms with van der Waals surface area (Å²) >= 11 is 0. The average molecular weight is 370 g/mol. The number of nitrogen functional groups attached to an aromatic ring is 1. The highest BCUT2D eigenvalue weighted by Gasteiger charge is 2.19. The van der Waals surface area contributed by atoms with Crippen LogP contribution in [0.5, 0.6) is 11.5 Å². The van der Waals surface area contributed by atoms with Gasteiger partial charge in [-0.3, -0.25) is 9.59 Å². The maximum atomic E-state index is 12.0. The number of nitrogens with two attached hydrogens (primary N) is 1. The van der Waals surface area contributed by atoms with E-state index in [1.165, 1.54) is 19.3 Å². The summed E-state index contributed by atoms with van der Waals surface area (Å²) in [5, 5.41) is 5.36. The Labute approximate surface area is 153 Å². The van der Waals surface area contributed by atoms with E-state index in [4.69, 9.17) is 15.2 Å². The van der Waals surface area contributed by atoms with Crippen LogP contribution in [-0.4, -0.2) is 25.2 Å². The molecule has 3 rings (SSSR count). The number of carbonyl (C=O) groups excluding carboxylic acids is 2. The molecule has 2 amide bonds. The third-order valence-corrected chi connectivity index (χ3v) is 4.46. The number of fused-ring (bicyclic) bond motifs is 1. The number of hydrogen-bond acceptors (Lipinski definition) is 5. The molecule has 2 aliphatic rings. The number of amides is 2. The molecular formula is C17H24ClN3O4. The van der Waals surface area contributed by atoms with E-state index in [9.17, 15) is 9.59 Å². The molecule has 1 aliphatic heterocycles. The SMILES string of the molecule is Cl.Nc1cc2c(cc1NC(=O)CNC(=O)CC1CCCCC1)OCO2. The number of rotatable bonds is 5. The Kier molecular flexibility index (Phi) is 6.75. The van der Waals surface area contributed by atoms with Gasteiger partial charge in [-0.15, -0.1) is 12.4 Å². The Balaban J connectivity index is 0.00000225. The first-order chi connectivity index (χ1) is 11.6. The number of halogens is 1. The standard InChI is InChI=1S/C17H23N3O4.ClH/c18-12-7-14-15(24-10-23-14)8-13(12)20-17(22)9-19-16(21)6-11-4-2-1-3-5-11;/h7-8,11H,1-6,9-10,18H2,(H,19,21)(H,20,22);1H. The van der Waals surface area contributed by atoms with Gasteiger partial charge in [0.2, 0.25) is 18.6 Å². The zero-order valence-electron chi connectivity index (χ0n) is 14.0. The summed E-state index contributed by atoms with van der Waals surface area (Å²) in [6.07, 6.45) is 6.36. The first-order valence-corrected chi connectivity index (χ1v) is 8.37. The van der Waals surface area contributed by atoms with Crippen molar-refractivity contribution in [2.75, 3.05) is 24.4 Å². The molecule has 0 aromatic heterocycles. The first-order valence-electron chi connectivity index (χ1n) is 8.37. The Bertz CT molecular complexity index is 633. The monoisotopic (exact) mass is 369 g/mol. The van der Waals surface area contributed by atoms with Crippen molar-refractivity contribution in [1.29, 1.82) is 0 Å². The van der Waals surface area contributed by atoms with Crippen LogP contribution in [0.3, 0.4) is 0 Å². The molecule has 1 aromatic rings. The minimum absolute atomic E-state index is 0. The van der Waals surface area contributed by atoms with Crippen LogP contribution in [0.15, 0.2) is 12.1 Å². The fourth-order valence-electron chi connectivity index (χ4n) is 3.16. The third-order valence-electron chi connectivity index (χ3n) is 4.46. The van der Waals surface area contributed by atoms with Crippen molar-refractivity contribution in [3.8, 4) is 11.5 Å². The predicted octanol–water partition coefficient (Wildman–Crippen LogP) is 2.44. The lowest BCUT2D eigenvalue weighted by atomic mass is 9.87. The molecule has 1 heterocycles. The van der Waals surface area contributed by atoms with Crippen LogP contribution in [0.1, 0.15) is 38.5 Å². The molecule has 1 fully saturated rings. The summed E-state index contributed by atoms with van der Waals surface area (Å²) in [5.74, 6) is 1.16. The van der Waals surface area contributed by atoms with Gasteiger partial charge >= 0.3 is 0 Å². The van der Waals surface area contributed by atoms with E-state index >= 15 is 0 Å². The largest absolute Gasteiger partial charge is 0.454 e. The molecule has 138 valence electrons. The number of benzene rings is 1. The minimum Gasteiger partial charge on any atom is -0.454 e. The van der Waals surface area contributed by atoms with Crippen LogP contribution in [0.25, 0.3) is 0 Å². The summed E-state index contributed by atoms with van der Waals surface area (Å²) in [5.41, 5.74) is 6.72. The fourth-order valence-corrected chi connectivity index (χ4v) is 3.16.